The van der Waals surface area contributed by atoms with Gasteiger partial charge in [0.05, 0.1) is 0 Å². The van der Waals surface area contributed by atoms with E-state index in [2.05, 4.69) is 12.1 Å². The van der Waals surface area contributed by atoms with E-state index in [4.69, 9.17) is 41.3 Å². The predicted octanol–water partition coefficient (Wildman–Crippen LogP) is 1.71. The first-order valence-electron chi connectivity index (χ1n) is 5.46. The Labute approximate surface area is 144 Å². The van der Waals surface area contributed by atoms with Gasteiger partial charge in [-0.3, -0.25) is 14.4 Å². The Bertz CT molecular complexity index is 421. The zero-order valence-electron chi connectivity index (χ0n) is 12.2. The Morgan fingerprint density at radius 3 is 1.43 bits per heavy atom. The third-order valence-corrected chi connectivity index (χ3v) is 3.75. The van der Waals surface area contributed by atoms with E-state index in [9.17, 15) is 0 Å². The van der Waals surface area contributed by atoms with Crippen LogP contribution in [-0.4, -0.2) is 59.0 Å². The predicted molar refractivity (Wildman–Crippen MR) is 81.5 cm³/mol. The molecule has 3 radical (unpaired) electrons. The molecule has 6 nitrogen and oxygen atoms in total. The molecule has 21 heavy (non-hydrogen) atoms. The van der Waals surface area contributed by atoms with Crippen molar-refractivity contribution in [3.05, 3.63) is 28.8 Å². The first kappa shape index (κ1) is 24.8. The number of carbonyl (C=O) groups is 3. The Kier molecular flexibility index (Phi) is 18.0. The molecule has 0 saturated heterocycles. The van der Waals surface area contributed by atoms with E-state index in [-0.39, 0.29) is 0 Å². The van der Waals surface area contributed by atoms with Gasteiger partial charge in [-0.2, -0.15) is 0 Å². The average molecular weight is 513 g/mol. The third-order valence-electron chi connectivity index (χ3n) is 1.12. The molecule has 0 fully saturated rings. The normalized spacial score (nSPS) is 7.71. The number of carboxylic acid groups (broad SMARTS) is 3. The van der Waals surface area contributed by atoms with Crippen molar-refractivity contribution in [2.45, 2.75) is 27.7 Å². The molecule has 0 aromatic heterocycles. The molecule has 0 bridgehead atoms. The van der Waals surface area contributed by atoms with E-state index in [1.165, 1.54) is 8.69 Å². The van der Waals surface area contributed by atoms with E-state index < -0.39 is 17.9 Å². The zero-order valence-corrected chi connectivity index (χ0v) is 16.8. The van der Waals surface area contributed by atoms with Gasteiger partial charge in [-0.25, -0.2) is 0 Å². The van der Waals surface area contributed by atoms with Crippen LogP contribution in [0.5, 0.6) is 0 Å². The first-order chi connectivity index (χ1) is 9.39. The van der Waals surface area contributed by atoms with Gasteiger partial charge < -0.3 is 15.3 Å². The van der Waals surface area contributed by atoms with Gasteiger partial charge in [0.25, 0.3) is 17.9 Å². The fourth-order valence-electron chi connectivity index (χ4n) is 0.620. The average Bonchev–Trinajstić information content (AvgIpc) is 2.21. The van der Waals surface area contributed by atoms with Gasteiger partial charge in [0, 0.05) is 20.8 Å². The van der Waals surface area contributed by atoms with Crippen LogP contribution in [0.25, 0.3) is 0 Å². The van der Waals surface area contributed by atoms with Crippen LogP contribution in [0.4, 0.5) is 0 Å². The molecule has 1 aromatic carbocycles. The summed E-state index contributed by atoms with van der Waals surface area (Å²) >= 11 is 6.89. The summed E-state index contributed by atoms with van der Waals surface area (Å²) in [6.07, 6.45) is 0. The molecule has 0 aliphatic heterocycles. The van der Waals surface area contributed by atoms with Crippen molar-refractivity contribution >= 4 is 58.4 Å². The summed E-state index contributed by atoms with van der Waals surface area (Å²) in [5.41, 5.74) is 1.24. The molecule has 117 valence electrons. The van der Waals surface area contributed by atoms with Crippen LogP contribution in [0.1, 0.15) is 26.3 Å². The van der Waals surface area contributed by atoms with E-state index in [1.807, 2.05) is 13.0 Å². The second-order valence-electron chi connectivity index (χ2n) is 3.54. The summed E-state index contributed by atoms with van der Waals surface area (Å²) in [7, 11) is 0. The van der Waals surface area contributed by atoms with Gasteiger partial charge in [-0.05, 0) is 0 Å². The molecular formula is C13H18ClO6Pb. The second-order valence-corrected chi connectivity index (χ2v) is 6.04. The van der Waals surface area contributed by atoms with Crippen LogP contribution in [0.3, 0.4) is 0 Å². The maximum atomic E-state index is 9.00. The standard InChI is InChI=1S/C7H6Cl.3C2H4O2.Pb/c1-6-3-2-4-7(8)5-6;3*1-2(3)4;/h2-3,5H,1H3;3*1H3,(H,3,4);. The van der Waals surface area contributed by atoms with Gasteiger partial charge in [0.15, 0.2) is 0 Å². The topological polar surface area (TPSA) is 112 Å². The van der Waals surface area contributed by atoms with Crippen LogP contribution in [0.15, 0.2) is 18.2 Å². The Morgan fingerprint density at radius 2 is 1.24 bits per heavy atom. The summed E-state index contributed by atoms with van der Waals surface area (Å²) in [5.74, 6) is -2.50. The number of carboxylic acids is 3. The van der Waals surface area contributed by atoms with Crippen molar-refractivity contribution in [2.24, 2.45) is 0 Å². The quantitative estimate of drug-likeness (QED) is 0.456. The fraction of sp³-hybridized carbons (Fsp3) is 0.308. The molecule has 0 amide bonds. The molecule has 0 heterocycles. The van der Waals surface area contributed by atoms with E-state index in [0.29, 0.717) is 0 Å². The summed E-state index contributed by atoms with van der Waals surface area (Å²) < 4.78 is 1.28. The molecule has 0 aliphatic carbocycles. The SMILES string of the molecule is CC(=O)O.CC(=O)O.CC(=O)O.Cc1cc[c]([Pb])c(Cl)c1. The number of rotatable bonds is 0. The molecule has 0 spiro atoms. The van der Waals surface area contributed by atoms with Gasteiger partial charge in [-0.1, -0.05) is 0 Å². The van der Waals surface area contributed by atoms with Gasteiger partial charge >= 0.3 is 76.2 Å². The van der Waals surface area contributed by atoms with Gasteiger partial charge in [0.1, 0.15) is 0 Å². The molecule has 1 rings (SSSR count). The molecule has 0 aliphatic rings. The molecule has 1 aromatic rings. The van der Waals surface area contributed by atoms with E-state index >= 15 is 0 Å². The second kappa shape index (κ2) is 15.2. The minimum absolute atomic E-state index is 0.833. The summed E-state index contributed by atoms with van der Waals surface area (Å²) in [5, 5.41) is 23.2. The number of hydrogen-bond acceptors (Lipinski definition) is 3. The van der Waals surface area contributed by atoms with Crippen molar-refractivity contribution in [3.63, 3.8) is 0 Å². The Morgan fingerprint density at radius 1 is 0.952 bits per heavy atom. The van der Waals surface area contributed by atoms with Crippen LogP contribution in [-0.2, 0) is 14.4 Å². The van der Waals surface area contributed by atoms with Crippen molar-refractivity contribution in [1.29, 1.82) is 0 Å². The number of aliphatic carboxylic acids is 3. The Hall–Kier alpha value is -1.16. The molecular weight excluding hydrogens is 495 g/mol. The Balaban J connectivity index is -0.000000230. The zero-order chi connectivity index (χ0) is 17.6. The molecule has 0 saturated carbocycles. The third kappa shape index (κ3) is 38.1. The number of halogens is 1. The fourth-order valence-corrected chi connectivity index (χ4v) is 1.46. The maximum absolute atomic E-state index is 9.00. The van der Waals surface area contributed by atoms with Crippen LogP contribution in [0.2, 0.25) is 5.02 Å². The number of hydrogen-bond donors (Lipinski definition) is 3. The van der Waals surface area contributed by atoms with Gasteiger partial charge in [-0.15, -0.1) is 0 Å². The minimum atomic E-state index is -0.833. The van der Waals surface area contributed by atoms with E-state index in [1.54, 1.807) is 0 Å². The summed E-state index contributed by atoms with van der Waals surface area (Å²) in [4.78, 5) is 27.0. The van der Waals surface area contributed by atoms with E-state index in [0.717, 1.165) is 51.6 Å². The van der Waals surface area contributed by atoms with Crippen molar-refractivity contribution < 1.29 is 29.7 Å². The number of aryl methyl sites for hydroxylation is 1. The molecule has 0 unspecified atom stereocenters. The number of benzene rings is 1. The van der Waals surface area contributed by atoms with Crippen LogP contribution >= 0.6 is 11.6 Å². The monoisotopic (exact) mass is 513 g/mol. The van der Waals surface area contributed by atoms with Crippen LogP contribution in [0, 0.1) is 6.92 Å². The molecule has 0 atom stereocenters. The summed E-state index contributed by atoms with van der Waals surface area (Å²) in [6.45, 7) is 5.30. The van der Waals surface area contributed by atoms with Crippen molar-refractivity contribution in [2.75, 3.05) is 0 Å². The van der Waals surface area contributed by atoms with Crippen LogP contribution < -0.4 is 3.12 Å². The first-order valence-corrected chi connectivity index (χ1v) is 7.78. The summed E-state index contributed by atoms with van der Waals surface area (Å²) in [6, 6.07) is 6.18. The van der Waals surface area contributed by atoms with Crippen molar-refractivity contribution in [1.82, 2.24) is 0 Å². The van der Waals surface area contributed by atoms with Crippen molar-refractivity contribution in [3.8, 4) is 0 Å². The molecule has 8 heteroatoms. The molecule has 3 N–H and O–H groups in total. The van der Waals surface area contributed by atoms with Gasteiger partial charge in [0.2, 0.25) is 0 Å².